The first-order valence-corrected chi connectivity index (χ1v) is 6.91. The van der Waals surface area contributed by atoms with Crippen molar-refractivity contribution in [1.29, 1.82) is 0 Å². The minimum absolute atomic E-state index is 0.0785. The Morgan fingerprint density at radius 3 is 2.86 bits per heavy atom. The van der Waals surface area contributed by atoms with E-state index in [0.717, 1.165) is 5.56 Å². The summed E-state index contributed by atoms with van der Waals surface area (Å²) in [5, 5.41) is 2.74. The summed E-state index contributed by atoms with van der Waals surface area (Å²) < 4.78 is 4.46. The van der Waals surface area contributed by atoms with Gasteiger partial charge in [-0.15, -0.1) is 0 Å². The Morgan fingerprint density at radius 1 is 1.41 bits per heavy atom. The fourth-order valence-electron chi connectivity index (χ4n) is 2.39. The molecule has 0 bridgehead atoms. The minimum atomic E-state index is -0.470. The maximum atomic E-state index is 12.3. The summed E-state index contributed by atoms with van der Waals surface area (Å²) in [4.78, 5) is 36.9. The van der Waals surface area contributed by atoms with Crippen LogP contribution in [0.3, 0.4) is 0 Å². The van der Waals surface area contributed by atoms with Crippen LogP contribution in [0.2, 0.25) is 0 Å². The first kappa shape index (κ1) is 15.8. The molecule has 22 heavy (non-hydrogen) atoms. The Kier molecular flexibility index (Phi) is 4.93. The van der Waals surface area contributed by atoms with Crippen LogP contribution in [-0.4, -0.2) is 49.9 Å². The number of rotatable bonds is 4. The standard InChI is InChI=1S/C16H18N2O4/c1-18-10-13(11-6-3-4-7-12(11)16(18)21)15(20)17-9-5-8-14(19)22-2/h3-8,13H,9-10H2,1-2H3,(H,17,20)/b8-5+. The number of fused-ring (bicyclic) bond motifs is 1. The third-order valence-corrected chi connectivity index (χ3v) is 3.54. The van der Waals surface area contributed by atoms with Crippen molar-refractivity contribution in [3.05, 3.63) is 47.5 Å². The molecule has 0 saturated heterocycles. The number of carbonyl (C=O) groups excluding carboxylic acids is 3. The molecule has 116 valence electrons. The van der Waals surface area contributed by atoms with E-state index < -0.39 is 11.9 Å². The van der Waals surface area contributed by atoms with E-state index in [2.05, 4.69) is 10.1 Å². The third kappa shape index (κ3) is 3.33. The Bertz CT molecular complexity index is 624. The van der Waals surface area contributed by atoms with E-state index in [1.807, 2.05) is 6.07 Å². The number of methoxy groups -OCH3 is 1. The molecule has 2 rings (SSSR count). The lowest BCUT2D eigenvalue weighted by atomic mass is 9.89. The van der Waals surface area contributed by atoms with E-state index in [-0.39, 0.29) is 18.4 Å². The Balaban J connectivity index is 2.07. The second-order valence-corrected chi connectivity index (χ2v) is 5.00. The molecular weight excluding hydrogens is 284 g/mol. The molecule has 1 aliphatic heterocycles. The predicted molar refractivity (Wildman–Crippen MR) is 80.3 cm³/mol. The zero-order valence-corrected chi connectivity index (χ0v) is 12.5. The zero-order valence-electron chi connectivity index (χ0n) is 12.5. The van der Waals surface area contributed by atoms with Gasteiger partial charge >= 0.3 is 5.97 Å². The molecule has 2 amide bonds. The number of hydrogen-bond acceptors (Lipinski definition) is 4. The van der Waals surface area contributed by atoms with Crippen LogP contribution in [0, 0.1) is 0 Å². The van der Waals surface area contributed by atoms with Gasteiger partial charge in [-0.25, -0.2) is 4.79 Å². The molecule has 0 fully saturated rings. The summed E-state index contributed by atoms with van der Waals surface area (Å²) in [5.74, 6) is -1.14. The highest BCUT2D eigenvalue weighted by molar-refractivity contribution is 6.00. The van der Waals surface area contributed by atoms with Gasteiger partial charge in [-0.2, -0.15) is 0 Å². The van der Waals surface area contributed by atoms with E-state index in [1.165, 1.54) is 24.2 Å². The summed E-state index contributed by atoms with van der Waals surface area (Å²) in [6, 6.07) is 7.12. The summed E-state index contributed by atoms with van der Waals surface area (Å²) in [6.07, 6.45) is 2.78. The van der Waals surface area contributed by atoms with Gasteiger partial charge < -0.3 is 15.0 Å². The molecule has 1 aromatic carbocycles. The van der Waals surface area contributed by atoms with Crippen LogP contribution in [-0.2, 0) is 14.3 Å². The maximum absolute atomic E-state index is 12.3. The van der Waals surface area contributed by atoms with E-state index in [4.69, 9.17) is 0 Å². The lowest BCUT2D eigenvalue weighted by molar-refractivity contribution is -0.134. The van der Waals surface area contributed by atoms with Gasteiger partial charge in [0.15, 0.2) is 0 Å². The fourth-order valence-corrected chi connectivity index (χ4v) is 2.39. The third-order valence-electron chi connectivity index (χ3n) is 3.54. The minimum Gasteiger partial charge on any atom is -0.466 e. The molecule has 0 saturated carbocycles. The second kappa shape index (κ2) is 6.89. The van der Waals surface area contributed by atoms with E-state index >= 15 is 0 Å². The molecule has 1 heterocycles. The topological polar surface area (TPSA) is 75.7 Å². The highest BCUT2D eigenvalue weighted by atomic mass is 16.5. The molecule has 1 aromatic rings. The molecule has 1 unspecified atom stereocenters. The van der Waals surface area contributed by atoms with Crippen LogP contribution in [0.25, 0.3) is 0 Å². The van der Waals surface area contributed by atoms with Crippen molar-refractivity contribution < 1.29 is 19.1 Å². The van der Waals surface area contributed by atoms with Crippen molar-refractivity contribution in [3.8, 4) is 0 Å². The SMILES string of the molecule is COC(=O)/C=C/CNC(=O)C1CN(C)C(=O)c2ccccc21. The monoisotopic (exact) mass is 302 g/mol. The quantitative estimate of drug-likeness (QED) is 0.656. The second-order valence-electron chi connectivity index (χ2n) is 5.00. The molecule has 1 N–H and O–H groups in total. The van der Waals surface area contributed by atoms with Crippen molar-refractivity contribution in [2.75, 3.05) is 27.2 Å². The van der Waals surface area contributed by atoms with Crippen molar-refractivity contribution >= 4 is 17.8 Å². The summed E-state index contributed by atoms with van der Waals surface area (Å²) in [7, 11) is 2.97. The Labute approximate surface area is 128 Å². The lowest BCUT2D eigenvalue weighted by Crippen LogP contribution is -2.43. The largest absolute Gasteiger partial charge is 0.466 e. The predicted octanol–water partition coefficient (Wildman–Crippen LogP) is 0.701. The van der Waals surface area contributed by atoms with E-state index in [0.29, 0.717) is 12.1 Å². The number of benzene rings is 1. The molecule has 0 radical (unpaired) electrons. The van der Waals surface area contributed by atoms with Crippen molar-refractivity contribution in [3.63, 3.8) is 0 Å². The molecule has 6 heteroatoms. The number of nitrogens with one attached hydrogen (secondary N) is 1. The Hall–Kier alpha value is -2.63. The lowest BCUT2D eigenvalue weighted by Gasteiger charge is -2.30. The smallest absolute Gasteiger partial charge is 0.330 e. The summed E-state index contributed by atoms with van der Waals surface area (Å²) in [5.41, 5.74) is 1.29. The van der Waals surface area contributed by atoms with Crippen molar-refractivity contribution in [2.45, 2.75) is 5.92 Å². The van der Waals surface area contributed by atoms with Crippen molar-refractivity contribution in [1.82, 2.24) is 10.2 Å². The number of esters is 1. The number of amides is 2. The maximum Gasteiger partial charge on any atom is 0.330 e. The van der Waals surface area contributed by atoms with Gasteiger partial charge in [0.1, 0.15) is 0 Å². The zero-order chi connectivity index (χ0) is 16.1. The van der Waals surface area contributed by atoms with Crippen LogP contribution in [0.5, 0.6) is 0 Å². The van der Waals surface area contributed by atoms with Gasteiger partial charge in [0, 0.05) is 31.8 Å². The molecule has 0 spiro atoms. The molecule has 1 aliphatic rings. The molecular formula is C16H18N2O4. The van der Waals surface area contributed by atoms with Crippen LogP contribution in [0.1, 0.15) is 21.8 Å². The number of hydrogen-bond donors (Lipinski definition) is 1. The van der Waals surface area contributed by atoms with Gasteiger partial charge in [-0.05, 0) is 11.6 Å². The number of carbonyl (C=O) groups is 3. The fraction of sp³-hybridized carbons (Fsp3) is 0.312. The van der Waals surface area contributed by atoms with Crippen LogP contribution in [0.15, 0.2) is 36.4 Å². The van der Waals surface area contributed by atoms with Gasteiger partial charge in [-0.1, -0.05) is 24.3 Å². The van der Waals surface area contributed by atoms with Gasteiger partial charge in [0.2, 0.25) is 5.91 Å². The molecule has 1 atom stereocenters. The number of likely N-dealkylation sites (N-methyl/N-ethyl adjacent to an activating group) is 1. The van der Waals surface area contributed by atoms with Crippen molar-refractivity contribution in [2.24, 2.45) is 0 Å². The normalized spacial score (nSPS) is 17.3. The van der Waals surface area contributed by atoms with E-state index in [1.54, 1.807) is 25.2 Å². The van der Waals surface area contributed by atoms with Gasteiger partial charge in [0.05, 0.1) is 13.0 Å². The average molecular weight is 302 g/mol. The summed E-state index contributed by atoms with van der Waals surface area (Å²) in [6.45, 7) is 0.562. The highest BCUT2D eigenvalue weighted by Gasteiger charge is 2.32. The molecule has 6 nitrogen and oxygen atoms in total. The van der Waals surface area contributed by atoms with Gasteiger partial charge in [0.25, 0.3) is 5.91 Å². The first-order valence-electron chi connectivity index (χ1n) is 6.91. The van der Waals surface area contributed by atoms with Crippen LogP contribution < -0.4 is 5.32 Å². The average Bonchev–Trinajstić information content (AvgIpc) is 2.54. The molecule has 0 aliphatic carbocycles. The number of ether oxygens (including phenoxy) is 1. The first-order chi connectivity index (χ1) is 10.5. The number of nitrogens with zero attached hydrogens (tertiary/aromatic N) is 1. The molecule has 0 aromatic heterocycles. The summed E-state index contributed by atoms with van der Waals surface area (Å²) >= 11 is 0. The van der Waals surface area contributed by atoms with Crippen LogP contribution in [0.4, 0.5) is 0 Å². The van der Waals surface area contributed by atoms with E-state index in [9.17, 15) is 14.4 Å². The highest BCUT2D eigenvalue weighted by Crippen LogP contribution is 2.27. The van der Waals surface area contributed by atoms with Gasteiger partial charge in [-0.3, -0.25) is 9.59 Å². The van der Waals surface area contributed by atoms with Crippen LogP contribution >= 0.6 is 0 Å². The Morgan fingerprint density at radius 2 is 2.14 bits per heavy atom.